The van der Waals surface area contributed by atoms with Crippen LogP contribution in [-0.2, 0) is 11.3 Å². The lowest BCUT2D eigenvalue weighted by molar-refractivity contribution is 0.0515. The molecule has 1 aromatic heterocycles. The zero-order valence-corrected chi connectivity index (χ0v) is 16.2. The Bertz CT molecular complexity index is 595. The van der Waals surface area contributed by atoms with Crippen molar-refractivity contribution in [3.8, 4) is 6.07 Å². The number of rotatable bonds is 6. The number of ether oxygens (including phenoxy) is 1. The molecule has 0 spiro atoms. The molecule has 0 radical (unpaired) electrons. The van der Waals surface area contributed by atoms with Gasteiger partial charge in [0.1, 0.15) is 11.7 Å². The van der Waals surface area contributed by atoms with E-state index in [0.717, 1.165) is 11.4 Å². The van der Waals surface area contributed by atoms with Gasteiger partial charge in [0.05, 0.1) is 5.56 Å². The van der Waals surface area contributed by atoms with Crippen LogP contribution < -0.4 is 10.6 Å². The van der Waals surface area contributed by atoms with Gasteiger partial charge in [0, 0.05) is 29.4 Å². The largest absolute Gasteiger partial charge is 0.444 e. The number of nitriles is 1. The fourth-order valence-electron chi connectivity index (χ4n) is 3.21. The van der Waals surface area contributed by atoms with E-state index in [4.69, 9.17) is 10.00 Å². The van der Waals surface area contributed by atoms with Crippen LogP contribution in [0.2, 0.25) is 0 Å². The second-order valence-electron chi connectivity index (χ2n) is 7.68. The number of hydrogen-bond donors (Lipinski definition) is 2. The molecule has 1 unspecified atom stereocenters. The molecule has 1 saturated carbocycles. The molecule has 6 heteroatoms. The van der Waals surface area contributed by atoms with Crippen LogP contribution in [0.15, 0.2) is 11.4 Å². The van der Waals surface area contributed by atoms with Crippen molar-refractivity contribution < 1.29 is 9.53 Å². The minimum absolute atomic E-state index is 0.223. The highest BCUT2D eigenvalue weighted by molar-refractivity contribution is 7.10. The van der Waals surface area contributed by atoms with Gasteiger partial charge in [0.15, 0.2) is 0 Å². The summed E-state index contributed by atoms with van der Waals surface area (Å²) in [6, 6.07) is 4.32. The normalized spacial score (nSPS) is 16.9. The van der Waals surface area contributed by atoms with E-state index in [-0.39, 0.29) is 12.1 Å². The van der Waals surface area contributed by atoms with Crippen molar-refractivity contribution in [2.24, 2.45) is 5.92 Å². The lowest BCUT2D eigenvalue weighted by Crippen LogP contribution is -2.46. The molecule has 0 aromatic carbocycles. The van der Waals surface area contributed by atoms with Gasteiger partial charge in [-0.05, 0) is 45.6 Å². The average molecular weight is 364 g/mol. The molecular weight excluding hydrogens is 334 g/mol. The predicted octanol–water partition coefficient (Wildman–Crippen LogP) is 4.18. The first-order chi connectivity index (χ1) is 11.9. The number of thiophene rings is 1. The highest BCUT2D eigenvalue weighted by Gasteiger charge is 2.25. The topological polar surface area (TPSA) is 74.2 Å². The zero-order chi connectivity index (χ0) is 18.3. The minimum atomic E-state index is -0.484. The molecular formula is C19H29N3O2S. The molecule has 1 aromatic rings. The maximum absolute atomic E-state index is 12.0. The molecule has 25 heavy (non-hydrogen) atoms. The molecule has 1 aliphatic carbocycles. The van der Waals surface area contributed by atoms with Gasteiger partial charge in [-0.25, -0.2) is 4.79 Å². The van der Waals surface area contributed by atoms with Gasteiger partial charge in [0.25, 0.3) is 0 Å². The summed E-state index contributed by atoms with van der Waals surface area (Å²) in [7, 11) is 0. The van der Waals surface area contributed by atoms with Crippen molar-refractivity contribution in [1.29, 1.82) is 5.26 Å². The van der Waals surface area contributed by atoms with Crippen molar-refractivity contribution in [3.05, 3.63) is 21.9 Å². The highest BCUT2D eigenvalue weighted by Crippen LogP contribution is 2.27. The van der Waals surface area contributed by atoms with Crippen LogP contribution in [0.1, 0.15) is 63.3 Å². The third kappa shape index (κ3) is 7.05. The van der Waals surface area contributed by atoms with Crippen LogP contribution in [-0.4, -0.2) is 24.3 Å². The Morgan fingerprint density at radius 1 is 1.40 bits per heavy atom. The van der Waals surface area contributed by atoms with Crippen LogP contribution in [0.4, 0.5) is 4.79 Å². The van der Waals surface area contributed by atoms with Crippen molar-refractivity contribution in [2.45, 2.75) is 71.1 Å². The summed E-state index contributed by atoms with van der Waals surface area (Å²) in [4.78, 5) is 13.1. The van der Waals surface area contributed by atoms with E-state index < -0.39 is 5.60 Å². The molecule has 0 saturated heterocycles. The maximum atomic E-state index is 12.0. The van der Waals surface area contributed by atoms with E-state index in [1.54, 1.807) is 11.3 Å². The Hall–Kier alpha value is -1.58. The number of nitrogens with one attached hydrogen (secondary N) is 2. The number of carbonyl (C=O) groups is 1. The van der Waals surface area contributed by atoms with E-state index >= 15 is 0 Å². The van der Waals surface area contributed by atoms with Crippen LogP contribution in [0, 0.1) is 17.2 Å². The number of alkyl carbamates (subject to hydrolysis) is 1. The van der Waals surface area contributed by atoms with E-state index in [2.05, 4.69) is 16.7 Å². The third-order valence-corrected chi connectivity index (χ3v) is 5.34. The minimum Gasteiger partial charge on any atom is -0.444 e. The fraction of sp³-hybridized carbons (Fsp3) is 0.684. The standard InChI is InChI=1S/C19H29N3O2S/c1-19(2,3)24-18(23)22-12-17(15-7-5-4-6-8-15)21-11-16-9-14(10-20)13-25-16/h9,13,15,17,21H,4-8,11-12H2,1-3H3,(H,22,23). The molecule has 2 rings (SSSR count). The first-order valence-electron chi connectivity index (χ1n) is 9.05. The Morgan fingerprint density at radius 3 is 2.72 bits per heavy atom. The van der Waals surface area contributed by atoms with Crippen molar-refractivity contribution >= 4 is 17.4 Å². The van der Waals surface area contributed by atoms with Gasteiger partial charge in [-0.3, -0.25) is 0 Å². The van der Waals surface area contributed by atoms with E-state index in [0.29, 0.717) is 18.0 Å². The van der Waals surface area contributed by atoms with Crippen molar-refractivity contribution in [3.63, 3.8) is 0 Å². The summed E-state index contributed by atoms with van der Waals surface area (Å²) >= 11 is 1.60. The lowest BCUT2D eigenvalue weighted by Gasteiger charge is -2.31. The number of amides is 1. The summed E-state index contributed by atoms with van der Waals surface area (Å²) in [5.74, 6) is 0.569. The smallest absolute Gasteiger partial charge is 0.407 e. The number of carbonyl (C=O) groups excluding carboxylic acids is 1. The van der Waals surface area contributed by atoms with Gasteiger partial charge < -0.3 is 15.4 Å². The zero-order valence-electron chi connectivity index (χ0n) is 15.4. The quantitative estimate of drug-likeness (QED) is 0.795. The number of hydrogen-bond acceptors (Lipinski definition) is 5. The maximum Gasteiger partial charge on any atom is 0.407 e. The van der Waals surface area contributed by atoms with E-state index in [9.17, 15) is 4.79 Å². The third-order valence-electron chi connectivity index (χ3n) is 4.41. The first kappa shape index (κ1) is 19.7. The Kier molecular flexibility index (Phi) is 7.27. The monoisotopic (exact) mass is 363 g/mol. The van der Waals surface area contributed by atoms with Gasteiger partial charge in [-0.15, -0.1) is 11.3 Å². The molecule has 5 nitrogen and oxygen atoms in total. The first-order valence-corrected chi connectivity index (χ1v) is 9.93. The lowest BCUT2D eigenvalue weighted by atomic mass is 9.84. The van der Waals surface area contributed by atoms with E-state index in [1.807, 2.05) is 32.2 Å². The molecule has 1 aliphatic rings. The average Bonchev–Trinajstić information content (AvgIpc) is 3.02. The summed E-state index contributed by atoms with van der Waals surface area (Å²) in [6.45, 7) is 6.90. The molecule has 138 valence electrons. The molecule has 1 amide bonds. The molecule has 0 bridgehead atoms. The Morgan fingerprint density at radius 2 is 2.12 bits per heavy atom. The Balaban J connectivity index is 1.90. The highest BCUT2D eigenvalue weighted by atomic mass is 32.1. The number of nitrogens with zero attached hydrogens (tertiary/aromatic N) is 1. The predicted molar refractivity (Wildman–Crippen MR) is 100 cm³/mol. The van der Waals surface area contributed by atoms with Gasteiger partial charge >= 0.3 is 6.09 Å². The second kappa shape index (κ2) is 9.21. The Labute approximate surface area is 154 Å². The van der Waals surface area contributed by atoms with Crippen molar-refractivity contribution in [1.82, 2.24) is 10.6 Å². The van der Waals surface area contributed by atoms with Gasteiger partial charge in [-0.2, -0.15) is 5.26 Å². The van der Waals surface area contributed by atoms with Crippen LogP contribution >= 0.6 is 11.3 Å². The molecule has 1 fully saturated rings. The van der Waals surface area contributed by atoms with Gasteiger partial charge in [0.2, 0.25) is 0 Å². The fourth-order valence-corrected chi connectivity index (χ4v) is 3.97. The van der Waals surface area contributed by atoms with Gasteiger partial charge in [-0.1, -0.05) is 19.3 Å². The van der Waals surface area contributed by atoms with Crippen molar-refractivity contribution in [2.75, 3.05) is 6.54 Å². The summed E-state index contributed by atoms with van der Waals surface area (Å²) < 4.78 is 5.34. The molecule has 2 N–H and O–H groups in total. The summed E-state index contributed by atoms with van der Waals surface area (Å²) in [6.07, 6.45) is 5.85. The molecule has 1 heterocycles. The van der Waals surface area contributed by atoms with E-state index in [1.165, 1.54) is 32.1 Å². The molecule has 0 aliphatic heterocycles. The SMILES string of the molecule is CC(C)(C)OC(=O)NCC(NCc1cc(C#N)cs1)C1CCCCC1. The summed E-state index contributed by atoms with van der Waals surface area (Å²) in [5.41, 5.74) is 0.227. The van der Waals surface area contributed by atoms with Crippen LogP contribution in [0.25, 0.3) is 0 Å². The van der Waals surface area contributed by atoms with Crippen LogP contribution in [0.3, 0.4) is 0 Å². The van der Waals surface area contributed by atoms with Crippen LogP contribution in [0.5, 0.6) is 0 Å². The summed E-state index contributed by atoms with van der Waals surface area (Å²) in [5, 5.41) is 17.3. The molecule has 1 atom stereocenters. The second-order valence-corrected chi connectivity index (χ2v) is 8.68.